The van der Waals surface area contributed by atoms with Crippen molar-refractivity contribution in [1.82, 2.24) is 20.2 Å². The molecule has 0 saturated carbocycles. The van der Waals surface area contributed by atoms with Gasteiger partial charge in [-0.1, -0.05) is 30.7 Å². The van der Waals surface area contributed by atoms with Gasteiger partial charge in [0.1, 0.15) is 16.5 Å². The number of carbonyl (C=O) groups is 2. The van der Waals surface area contributed by atoms with E-state index in [-0.39, 0.29) is 34.0 Å². The lowest BCUT2D eigenvalue weighted by Gasteiger charge is -2.23. The SMILES string of the molecule is CCCNC(=O)c1cc2cc(C(=O)NC(c3cccc(C(F)(F)F)c3)C(F)(F)F)n(CC)c2nc1Cl. The Balaban J connectivity index is 2.02. The maximum absolute atomic E-state index is 13.8. The molecule has 0 spiro atoms. The van der Waals surface area contributed by atoms with E-state index < -0.39 is 41.3 Å². The minimum absolute atomic E-state index is 0.0231. The molecule has 2 N–H and O–H groups in total. The van der Waals surface area contributed by atoms with Crippen LogP contribution >= 0.6 is 11.6 Å². The van der Waals surface area contributed by atoms with Gasteiger partial charge in [0, 0.05) is 18.5 Å². The molecule has 0 saturated heterocycles. The summed E-state index contributed by atoms with van der Waals surface area (Å²) in [4.78, 5) is 29.4. The van der Waals surface area contributed by atoms with Gasteiger partial charge in [-0.2, -0.15) is 26.3 Å². The van der Waals surface area contributed by atoms with Crippen LogP contribution in [0.1, 0.15) is 58.3 Å². The van der Waals surface area contributed by atoms with E-state index in [1.807, 2.05) is 6.92 Å². The van der Waals surface area contributed by atoms with E-state index in [4.69, 9.17) is 11.6 Å². The number of hydrogen-bond donors (Lipinski definition) is 2. The molecular weight excluding hydrogens is 514 g/mol. The second-order valence-electron chi connectivity index (χ2n) is 7.84. The van der Waals surface area contributed by atoms with Crippen molar-refractivity contribution in [2.45, 2.75) is 45.2 Å². The van der Waals surface area contributed by atoms with Gasteiger partial charge in [0.05, 0.1) is 11.1 Å². The summed E-state index contributed by atoms with van der Waals surface area (Å²) in [7, 11) is 0. The van der Waals surface area contributed by atoms with E-state index in [0.29, 0.717) is 25.1 Å². The summed E-state index contributed by atoms with van der Waals surface area (Å²) >= 11 is 6.14. The van der Waals surface area contributed by atoms with Crippen molar-refractivity contribution in [2.24, 2.45) is 0 Å². The number of alkyl halides is 6. The average Bonchev–Trinajstić information content (AvgIpc) is 3.16. The summed E-state index contributed by atoms with van der Waals surface area (Å²) in [5, 5.41) is 4.54. The number of rotatable bonds is 7. The number of amides is 2. The summed E-state index contributed by atoms with van der Waals surface area (Å²) < 4.78 is 81.9. The van der Waals surface area contributed by atoms with Gasteiger partial charge >= 0.3 is 12.4 Å². The van der Waals surface area contributed by atoms with Crippen molar-refractivity contribution in [1.29, 1.82) is 0 Å². The van der Waals surface area contributed by atoms with E-state index >= 15 is 0 Å². The van der Waals surface area contributed by atoms with Crippen LogP contribution in [0, 0.1) is 0 Å². The molecule has 194 valence electrons. The molecule has 0 aliphatic carbocycles. The van der Waals surface area contributed by atoms with Gasteiger partial charge in [-0.25, -0.2) is 4.98 Å². The fraction of sp³-hybridized carbons (Fsp3) is 0.348. The second-order valence-corrected chi connectivity index (χ2v) is 8.20. The molecule has 2 amide bonds. The van der Waals surface area contributed by atoms with E-state index in [0.717, 1.165) is 12.1 Å². The highest BCUT2D eigenvalue weighted by Gasteiger charge is 2.43. The number of nitrogens with zero attached hydrogens (tertiary/aromatic N) is 2. The van der Waals surface area contributed by atoms with Crippen LogP contribution in [0.5, 0.6) is 0 Å². The summed E-state index contributed by atoms with van der Waals surface area (Å²) in [6.45, 7) is 3.95. The number of aromatic nitrogens is 2. The van der Waals surface area contributed by atoms with Gasteiger partial charge in [-0.3, -0.25) is 9.59 Å². The lowest BCUT2D eigenvalue weighted by Crippen LogP contribution is -2.39. The normalized spacial score (nSPS) is 13.0. The van der Waals surface area contributed by atoms with Gasteiger partial charge in [0.15, 0.2) is 6.04 Å². The zero-order valence-corrected chi connectivity index (χ0v) is 19.8. The first-order valence-corrected chi connectivity index (χ1v) is 11.2. The highest BCUT2D eigenvalue weighted by molar-refractivity contribution is 6.33. The number of fused-ring (bicyclic) bond motifs is 1. The zero-order valence-electron chi connectivity index (χ0n) is 19.0. The van der Waals surface area contributed by atoms with Crippen LogP contribution in [0.4, 0.5) is 26.3 Å². The van der Waals surface area contributed by atoms with Crippen LogP contribution < -0.4 is 10.6 Å². The van der Waals surface area contributed by atoms with Crippen molar-refractivity contribution in [2.75, 3.05) is 6.54 Å². The maximum atomic E-state index is 13.8. The summed E-state index contributed by atoms with van der Waals surface area (Å²) in [6.07, 6.45) is -9.28. The number of hydrogen-bond acceptors (Lipinski definition) is 3. The fourth-order valence-corrected chi connectivity index (χ4v) is 3.83. The molecule has 0 bridgehead atoms. The maximum Gasteiger partial charge on any atom is 0.416 e. The summed E-state index contributed by atoms with van der Waals surface area (Å²) in [5.41, 5.74) is -2.11. The lowest BCUT2D eigenvalue weighted by atomic mass is 10.0. The Morgan fingerprint density at radius 2 is 1.75 bits per heavy atom. The molecule has 3 aromatic rings. The van der Waals surface area contributed by atoms with Crippen molar-refractivity contribution < 1.29 is 35.9 Å². The van der Waals surface area contributed by atoms with Crippen LogP contribution in [0.25, 0.3) is 11.0 Å². The van der Waals surface area contributed by atoms with Gasteiger partial charge in [0.25, 0.3) is 11.8 Å². The van der Waals surface area contributed by atoms with Crippen LogP contribution in [-0.2, 0) is 12.7 Å². The Morgan fingerprint density at radius 3 is 2.33 bits per heavy atom. The molecule has 1 atom stereocenters. The van der Waals surface area contributed by atoms with Gasteiger partial charge in [-0.05, 0) is 43.2 Å². The second kappa shape index (κ2) is 10.4. The molecule has 0 aliphatic heterocycles. The number of benzene rings is 1. The van der Waals surface area contributed by atoms with Crippen LogP contribution in [-0.4, -0.2) is 34.1 Å². The number of halogens is 7. The first kappa shape index (κ1) is 27.3. The molecular formula is C23H21ClF6N4O2. The third kappa shape index (κ3) is 5.75. The van der Waals surface area contributed by atoms with Gasteiger partial charge in [-0.15, -0.1) is 0 Å². The molecule has 13 heteroatoms. The number of carbonyl (C=O) groups excluding carboxylic acids is 2. The molecule has 36 heavy (non-hydrogen) atoms. The van der Waals surface area contributed by atoms with Crippen LogP contribution in [0.15, 0.2) is 36.4 Å². The Labute approximate surface area is 206 Å². The molecule has 1 aromatic carbocycles. The summed E-state index contributed by atoms with van der Waals surface area (Å²) in [6, 6.07) is 2.57. The number of pyridine rings is 1. The van der Waals surface area contributed by atoms with Crippen molar-refractivity contribution in [3.8, 4) is 0 Å². The molecule has 0 fully saturated rings. The van der Waals surface area contributed by atoms with Gasteiger partial charge < -0.3 is 15.2 Å². The first-order valence-electron chi connectivity index (χ1n) is 10.8. The molecule has 2 aromatic heterocycles. The Bertz CT molecular complexity index is 1290. The van der Waals surface area contributed by atoms with Crippen molar-refractivity contribution in [3.05, 3.63) is 63.9 Å². The molecule has 3 rings (SSSR count). The monoisotopic (exact) mass is 534 g/mol. The highest BCUT2D eigenvalue weighted by Crippen LogP contribution is 2.36. The predicted molar refractivity (Wildman–Crippen MR) is 121 cm³/mol. The van der Waals surface area contributed by atoms with Crippen LogP contribution in [0.3, 0.4) is 0 Å². The van der Waals surface area contributed by atoms with E-state index in [2.05, 4.69) is 10.3 Å². The molecule has 0 radical (unpaired) electrons. The Kier molecular flexibility index (Phi) is 7.87. The largest absolute Gasteiger partial charge is 0.416 e. The van der Waals surface area contributed by atoms with Crippen LogP contribution in [0.2, 0.25) is 5.15 Å². The third-order valence-corrected chi connectivity index (χ3v) is 5.59. The fourth-order valence-electron chi connectivity index (χ4n) is 3.61. The lowest BCUT2D eigenvalue weighted by molar-refractivity contribution is -0.156. The third-order valence-electron chi connectivity index (χ3n) is 5.30. The van der Waals surface area contributed by atoms with Crippen molar-refractivity contribution in [3.63, 3.8) is 0 Å². The number of aryl methyl sites for hydroxylation is 1. The first-order chi connectivity index (χ1) is 16.8. The van der Waals surface area contributed by atoms with Gasteiger partial charge in [0.2, 0.25) is 0 Å². The minimum Gasteiger partial charge on any atom is -0.352 e. The van der Waals surface area contributed by atoms with E-state index in [9.17, 15) is 35.9 Å². The molecule has 0 aliphatic rings. The molecule has 2 heterocycles. The number of nitrogens with one attached hydrogen (secondary N) is 2. The molecule has 1 unspecified atom stereocenters. The molecule has 6 nitrogen and oxygen atoms in total. The van der Waals surface area contributed by atoms with E-state index in [1.165, 1.54) is 16.7 Å². The van der Waals surface area contributed by atoms with E-state index in [1.54, 1.807) is 12.2 Å². The van der Waals surface area contributed by atoms with Crippen molar-refractivity contribution >= 4 is 34.4 Å². The smallest absolute Gasteiger partial charge is 0.352 e. The Morgan fingerprint density at radius 1 is 1.06 bits per heavy atom. The minimum atomic E-state index is -5.09. The average molecular weight is 535 g/mol. The Hall–Kier alpha value is -3.28. The highest BCUT2D eigenvalue weighted by atomic mass is 35.5. The summed E-state index contributed by atoms with van der Waals surface area (Å²) in [5.74, 6) is -1.70. The quantitative estimate of drug-likeness (QED) is 0.293. The predicted octanol–water partition coefficient (Wildman–Crippen LogP) is 5.90. The standard InChI is InChI=1S/C23H21ClF6N4O2/c1-3-8-31-20(35)15-10-13-11-16(34(4-2)19(13)33-18(15)24)21(36)32-17(23(28,29)30)12-6-5-7-14(9-12)22(25,26)27/h5-7,9-11,17H,3-4,8H2,1-2H3,(H,31,35)(H,32,36). The zero-order chi connectivity index (χ0) is 26.8. The topological polar surface area (TPSA) is 76.0 Å².